The summed E-state index contributed by atoms with van der Waals surface area (Å²) in [4.78, 5) is 6.76. The van der Waals surface area contributed by atoms with Crippen LogP contribution in [-0.2, 0) is 11.3 Å². The maximum absolute atomic E-state index is 5.90. The third-order valence-corrected chi connectivity index (χ3v) is 3.41. The molecule has 1 aliphatic heterocycles. The van der Waals surface area contributed by atoms with E-state index in [1.807, 2.05) is 18.3 Å². The molecule has 0 saturated carbocycles. The number of aromatic nitrogens is 1. The zero-order valence-electron chi connectivity index (χ0n) is 10.4. The number of hydrogen-bond acceptors (Lipinski definition) is 4. The van der Waals surface area contributed by atoms with Gasteiger partial charge in [0, 0.05) is 26.5 Å². The predicted octanol–water partition coefficient (Wildman–Crippen LogP) is 1.52. The number of likely N-dealkylation sites (tertiary alicyclic amines) is 1. The lowest BCUT2D eigenvalue weighted by atomic mass is 9.98. The highest BCUT2D eigenvalue weighted by Crippen LogP contribution is 2.20. The first-order chi connectivity index (χ1) is 8.29. The first-order valence-electron chi connectivity index (χ1n) is 6.20. The first-order valence-corrected chi connectivity index (χ1v) is 6.20. The van der Waals surface area contributed by atoms with Gasteiger partial charge in [-0.25, -0.2) is 0 Å². The zero-order chi connectivity index (χ0) is 12.1. The van der Waals surface area contributed by atoms with Crippen LogP contribution in [0.2, 0.25) is 0 Å². The van der Waals surface area contributed by atoms with Gasteiger partial charge in [-0.15, -0.1) is 0 Å². The Labute approximate surface area is 103 Å². The van der Waals surface area contributed by atoms with Gasteiger partial charge < -0.3 is 10.5 Å². The number of nitrogens with two attached hydrogens (primary N) is 1. The molecule has 17 heavy (non-hydrogen) atoms. The molecule has 0 atom stereocenters. The van der Waals surface area contributed by atoms with E-state index in [1.54, 1.807) is 7.11 Å². The first kappa shape index (κ1) is 12.3. The van der Waals surface area contributed by atoms with Gasteiger partial charge in [-0.2, -0.15) is 0 Å². The van der Waals surface area contributed by atoms with Crippen molar-refractivity contribution < 1.29 is 4.74 Å². The van der Waals surface area contributed by atoms with Crippen molar-refractivity contribution in [2.75, 3.05) is 32.5 Å². The molecule has 4 nitrogen and oxygen atoms in total. The largest absolute Gasteiger partial charge is 0.397 e. The van der Waals surface area contributed by atoms with E-state index in [-0.39, 0.29) is 0 Å². The van der Waals surface area contributed by atoms with Crippen LogP contribution in [0.25, 0.3) is 0 Å². The van der Waals surface area contributed by atoms with E-state index in [2.05, 4.69) is 9.88 Å². The number of methoxy groups -OCH3 is 1. The van der Waals surface area contributed by atoms with E-state index in [0.29, 0.717) is 0 Å². The second-order valence-electron chi connectivity index (χ2n) is 4.71. The van der Waals surface area contributed by atoms with E-state index in [9.17, 15) is 0 Å². The Hall–Kier alpha value is -1.13. The molecule has 0 unspecified atom stereocenters. The van der Waals surface area contributed by atoms with Crippen molar-refractivity contribution in [1.29, 1.82) is 0 Å². The smallest absolute Gasteiger partial charge is 0.0772 e. The normalized spacial score (nSPS) is 18.4. The summed E-state index contributed by atoms with van der Waals surface area (Å²) >= 11 is 0. The van der Waals surface area contributed by atoms with Crippen LogP contribution in [0.3, 0.4) is 0 Å². The molecule has 2 heterocycles. The zero-order valence-corrected chi connectivity index (χ0v) is 10.4. The van der Waals surface area contributed by atoms with Crippen LogP contribution >= 0.6 is 0 Å². The van der Waals surface area contributed by atoms with Crippen molar-refractivity contribution in [3.05, 3.63) is 24.0 Å². The molecule has 2 N–H and O–H groups in total. The molecule has 1 fully saturated rings. The summed E-state index contributed by atoms with van der Waals surface area (Å²) in [6, 6.07) is 3.80. The second kappa shape index (κ2) is 5.98. The third kappa shape index (κ3) is 3.41. The molecule has 0 spiro atoms. The average molecular weight is 235 g/mol. The van der Waals surface area contributed by atoms with E-state index >= 15 is 0 Å². The summed E-state index contributed by atoms with van der Waals surface area (Å²) in [6.45, 7) is 3.99. The molecule has 1 aromatic heterocycles. The number of anilines is 1. The van der Waals surface area contributed by atoms with Crippen LogP contribution in [0.4, 0.5) is 5.69 Å². The van der Waals surface area contributed by atoms with Gasteiger partial charge >= 0.3 is 0 Å². The Bertz CT molecular complexity index is 348. The monoisotopic (exact) mass is 235 g/mol. The van der Waals surface area contributed by atoms with Gasteiger partial charge in [0.2, 0.25) is 0 Å². The van der Waals surface area contributed by atoms with Crippen molar-refractivity contribution in [1.82, 2.24) is 9.88 Å². The van der Waals surface area contributed by atoms with Gasteiger partial charge in [-0.3, -0.25) is 9.88 Å². The highest BCUT2D eigenvalue weighted by atomic mass is 16.5. The molecule has 4 heteroatoms. The Morgan fingerprint density at radius 2 is 2.24 bits per heavy atom. The SMILES string of the molecule is COCC1CCN(Cc2ncccc2N)CC1. The van der Waals surface area contributed by atoms with Crippen LogP contribution in [0.15, 0.2) is 18.3 Å². The number of nitrogens with zero attached hydrogens (tertiary/aromatic N) is 2. The van der Waals surface area contributed by atoms with Gasteiger partial charge in [0.1, 0.15) is 0 Å². The van der Waals surface area contributed by atoms with Crippen molar-refractivity contribution >= 4 is 5.69 Å². The minimum absolute atomic E-state index is 0.720. The Morgan fingerprint density at radius 1 is 1.47 bits per heavy atom. The number of piperidine rings is 1. The standard InChI is InChI=1S/C13H21N3O/c1-17-10-11-4-7-16(8-5-11)9-13-12(14)3-2-6-15-13/h2-3,6,11H,4-5,7-10,14H2,1H3. The van der Waals surface area contributed by atoms with E-state index < -0.39 is 0 Å². The molecule has 0 radical (unpaired) electrons. The van der Waals surface area contributed by atoms with Gasteiger partial charge in [0.05, 0.1) is 11.4 Å². The fourth-order valence-corrected chi connectivity index (χ4v) is 2.34. The van der Waals surface area contributed by atoms with Crippen LogP contribution in [0, 0.1) is 5.92 Å². The van der Waals surface area contributed by atoms with E-state index in [4.69, 9.17) is 10.5 Å². The maximum atomic E-state index is 5.90. The molecular formula is C13H21N3O. The van der Waals surface area contributed by atoms with Gasteiger partial charge in [0.25, 0.3) is 0 Å². The summed E-state index contributed by atoms with van der Waals surface area (Å²) in [5, 5.41) is 0. The highest BCUT2D eigenvalue weighted by molar-refractivity contribution is 5.41. The Kier molecular flexibility index (Phi) is 4.34. The van der Waals surface area contributed by atoms with Gasteiger partial charge in [-0.1, -0.05) is 0 Å². The second-order valence-corrected chi connectivity index (χ2v) is 4.71. The molecule has 1 saturated heterocycles. The Morgan fingerprint density at radius 3 is 2.88 bits per heavy atom. The quantitative estimate of drug-likeness (QED) is 0.859. The molecule has 1 aromatic rings. The number of ether oxygens (including phenoxy) is 1. The topological polar surface area (TPSA) is 51.4 Å². The fourth-order valence-electron chi connectivity index (χ4n) is 2.34. The molecule has 0 bridgehead atoms. The van der Waals surface area contributed by atoms with Crippen LogP contribution < -0.4 is 5.73 Å². The minimum atomic E-state index is 0.720. The highest BCUT2D eigenvalue weighted by Gasteiger charge is 2.19. The lowest BCUT2D eigenvalue weighted by molar-refractivity contribution is 0.0964. The van der Waals surface area contributed by atoms with Gasteiger partial charge in [-0.05, 0) is 44.0 Å². The summed E-state index contributed by atoms with van der Waals surface area (Å²) in [6.07, 6.45) is 4.23. The van der Waals surface area contributed by atoms with Gasteiger partial charge in [0.15, 0.2) is 0 Å². The number of nitrogen functional groups attached to an aromatic ring is 1. The van der Waals surface area contributed by atoms with Crippen molar-refractivity contribution in [3.63, 3.8) is 0 Å². The summed E-state index contributed by atoms with van der Waals surface area (Å²) in [5.41, 5.74) is 7.70. The fraction of sp³-hybridized carbons (Fsp3) is 0.615. The average Bonchev–Trinajstić information content (AvgIpc) is 2.35. The molecule has 94 valence electrons. The predicted molar refractivity (Wildman–Crippen MR) is 68.5 cm³/mol. The molecule has 0 aromatic carbocycles. The van der Waals surface area contributed by atoms with E-state index in [0.717, 1.165) is 43.5 Å². The molecule has 0 amide bonds. The molecule has 1 aliphatic rings. The lowest BCUT2D eigenvalue weighted by Crippen LogP contribution is -2.34. The Balaban J connectivity index is 1.84. The number of hydrogen-bond donors (Lipinski definition) is 1. The van der Waals surface area contributed by atoms with Crippen molar-refractivity contribution in [2.45, 2.75) is 19.4 Å². The van der Waals surface area contributed by atoms with Crippen molar-refractivity contribution in [3.8, 4) is 0 Å². The number of rotatable bonds is 4. The minimum Gasteiger partial charge on any atom is -0.397 e. The molecule has 0 aliphatic carbocycles. The maximum Gasteiger partial charge on any atom is 0.0772 e. The lowest BCUT2D eigenvalue weighted by Gasteiger charge is -2.31. The molecule has 2 rings (SSSR count). The summed E-state index contributed by atoms with van der Waals surface area (Å²) in [7, 11) is 1.78. The van der Waals surface area contributed by atoms with Crippen LogP contribution in [-0.4, -0.2) is 36.7 Å². The van der Waals surface area contributed by atoms with Crippen molar-refractivity contribution in [2.24, 2.45) is 5.92 Å². The van der Waals surface area contributed by atoms with E-state index in [1.165, 1.54) is 12.8 Å². The molecular weight excluding hydrogens is 214 g/mol. The van der Waals surface area contributed by atoms with Crippen LogP contribution in [0.5, 0.6) is 0 Å². The summed E-state index contributed by atoms with van der Waals surface area (Å²) < 4.78 is 5.20. The number of pyridine rings is 1. The summed E-state index contributed by atoms with van der Waals surface area (Å²) in [5.74, 6) is 0.720. The van der Waals surface area contributed by atoms with Crippen LogP contribution in [0.1, 0.15) is 18.5 Å². The third-order valence-electron chi connectivity index (χ3n) is 3.41.